The monoisotopic (exact) mass is 522 g/mol. The molecule has 38 heavy (non-hydrogen) atoms. The summed E-state index contributed by atoms with van der Waals surface area (Å²) in [5.74, 6) is 0.0324. The first-order valence-corrected chi connectivity index (χ1v) is 12.6. The Morgan fingerprint density at radius 2 is 1.95 bits per heavy atom. The first-order valence-electron chi connectivity index (χ1n) is 12.6. The van der Waals surface area contributed by atoms with Crippen molar-refractivity contribution in [2.45, 2.75) is 38.0 Å². The van der Waals surface area contributed by atoms with Crippen molar-refractivity contribution in [3.05, 3.63) is 101 Å². The lowest BCUT2D eigenvalue weighted by Crippen LogP contribution is -2.32. The minimum Gasteiger partial charge on any atom is -0.326 e. The van der Waals surface area contributed by atoms with Crippen molar-refractivity contribution in [3.8, 4) is 5.69 Å². The van der Waals surface area contributed by atoms with E-state index in [1.807, 2.05) is 24.3 Å². The highest BCUT2D eigenvalue weighted by Gasteiger charge is 2.36. The van der Waals surface area contributed by atoms with Crippen LogP contribution in [0.5, 0.6) is 0 Å². The fourth-order valence-electron chi connectivity index (χ4n) is 4.61. The topological polar surface area (TPSA) is 97.9 Å². The fraction of sp³-hybridized carbons (Fsp3) is 0.321. The minimum atomic E-state index is -4.70. The zero-order valence-corrected chi connectivity index (χ0v) is 20.7. The number of carbonyl (C=O) groups excluding carboxylic acids is 1. The van der Waals surface area contributed by atoms with Crippen LogP contribution in [0.3, 0.4) is 0 Å². The molecular formula is C28H29F3N6O. The number of allylic oxidation sites excluding steroid dienone is 2. The SMILES string of the molecule is NCc1cccc(-n2nc(C(F)(F)F)cc2C(=O)NC2=CC(C(NCC3CC3)c3ccncc3)CC=C2)c1. The Labute approximate surface area is 218 Å². The molecular weight excluding hydrogens is 493 g/mol. The van der Waals surface area contributed by atoms with Gasteiger partial charge in [-0.3, -0.25) is 9.78 Å². The summed E-state index contributed by atoms with van der Waals surface area (Å²) in [4.78, 5) is 17.4. The van der Waals surface area contributed by atoms with E-state index >= 15 is 0 Å². The van der Waals surface area contributed by atoms with E-state index in [9.17, 15) is 18.0 Å². The molecule has 3 aromatic rings. The molecule has 10 heteroatoms. The summed E-state index contributed by atoms with van der Waals surface area (Å²) in [5.41, 5.74) is 6.98. The van der Waals surface area contributed by atoms with Gasteiger partial charge in [0.1, 0.15) is 5.69 Å². The number of aromatic nitrogens is 3. The predicted octanol–water partition coefficient (Wildman–Crippen LogP) is 4.68. The Morgan fingerprint density at radius 3 is 2.66 bits per heavy atom. The van der Waals surface area contributed by atoms with Gasteiger partial charge in [0, 0.05) is 42.7 Å². The zero-order chi connectivity index (χ0) is 26.7. The van der Waals surface area contributed by atoms with Crippen molar-refractivity contribution in [2.24, 2.45) is 17.6 Å². The molecule has 2 aromatic heterocycles. The van der Waals surface area contributed by atoms with E-state index < -0.39 is 17.8 Å². The number of hydrogen-bond acceptors (Lipinski definition) is 5. The van der Waals surface area contributed by atoms with Gasteiger partial charge in [-0.05, 0) is 73.2 Å². The molecule has 7 nitrogen and oxygen atoms in total. The van der Waals surface area contributed by atoms with Crippen LogP contribution in [-0.2, 0) is 12.7 Å². The molecule has 198 valence electrons. The van der Waals surface area contributed by atoms with Gasteiger partial charge >= 0.3 is 6.18 Å². The van der Waals surface area contributed by atoms with Crippen molar-refractivity contribution in [2.75, 3.05) is 6.54 Å². The van der Waals surface area contributed by atoms with E-state index in [1.54, 1.807) is 42.7 Å². The van der Waals surface area contributed by atoms with E-state index in [-0.39, 0.29) is 24.2 Å². The largest absolute Gasteiger partial charge is 0.435 e. The van der Waals surface area contributed by atoms with Gasteiger partial charge in [0.25, 0.3) is 5.91 Å². The van der Waals surface area contributed by atoms with Crippen LogP contribution in [0, 0.1) is 11.8 Å². The number of nitrogens with two attached hydrogens (primary N) is 1. The van der Waals surface area contributed by atoms with Gasteiger partial charge in [0.05, 0.1) is 5.69 Å². The highest BCUT2D eigenvalue weighted by molar-refractivity contribution is 5.94. The summed E-state index contributed by atoms with van der Waals surface area (Å²) >= 11 is 0. The quantitative estimate of drug-likeness (QED) is 0.379. The molecule has 2 heterocycles. The third-order valence-electron chi connectivity index (χ3n) is 6.80. The van der Waals surface area contributed by atoms with E-state index in [4.69, 9.17) is 5.73 Å². The molecule has 2 aliphatic carbocycles. The molecule has 2 atom stereocenters. The molecule has 0 spiro atoms. The van der Waals surface area contributed by atoms with Crippen LogP contribution in [0.4, 0.5) is 13.2 Å². The maximum Gasteiger partial charge on any atom is 0.435 e. The van der Waals surface area contributed by atoms with Crippen LogP contribution in [0.15, 0.2) is 78.8 Å². The Balaban J connectivity index is 1.41. The predicted molar refractivity (Wildman–Crippen MR) is 137 cm³/mol. The second-order valence-electron chi connectivity index (χ2n) is 9.69. The number of nitrogens with one attached hydrogen (secondary N) is 2. The van der Waals surface area contributed by atoms with Crippen LogP contribution in [0.2, 0.25) is 0 Å². The number of alkyl halides is 3. The number of benzene rings is 1. The Bertz CT molecular complexity index is 1340. The van der Waals surface area contributed by atoms with Gasteiger partial charge in [-0.2, -0.15) is 18.3 Å². The van der Waals surface area contributed by atoms with Crippen LogP contribution in [-0.4, -0.2) is 27.2 Å². The summed E-state index contributed by atoms with van der Waals surface area (Å²) in [6.07, 6.45) is 7.71. The molecule has 0 radical (unpaired) electrons. The van der Waals surface area contributed by atoms with Crippen LogP contribution in [0.1, 0.15) is 52.6 Å². The molecule has 4 N–H and O–H groups in total. The van der Waals surface area contributed by atoms with Crippen molar-refractivity contribution < 1.29 is 18.0 Å². The fourth-order valence-corrected chi connectivity index (χ4v) is 4.61. The Morgan fingerprint density at radius 1 is 1.16 bits per heavy atom. The standard InChI is InChI=1S/C28H29F3N6O/c29-28(30,31)25-15-24(37(36-25)23-6-1-3-19(13-23)16-32)27(38)35-22-5-2-4-21(14-22)26(34-17-18-7-8-18)20-9-11-33-12-10-20/h1-3,5-6,9-15,18,21,26,34H,4,7-8,16-17,32H2,(H,35,38). The first kappa shape index (κ1) is 25.9. The van der Waals surface area contributed by atoms with Crippen molar-refractivity contribution in [1.82, 2.24) is 25.4 Å². The average molecular weight is 523 g/mol. The summed E-state index contributed by atoms with van der Waals surface area (Å²) in [6.45, 7) is 1.11. The number of hydrogen-bond donors (Lipinski definition) is 3. The second kappa shape index (κ2) is 10.9. The lowest BCUT2D eigenvalue weighted by molar-refractivity contribution is -0.141. The van der Waals surface area contributed by atoms with Gasteiger partial charge in [-0.25, -0.2) is 4.68 Å². The van der Waals surface area contributed by atoms with Crippen molar-refractivity contribution >= 4 is 5.91 Å². The number of pyridine rings is 1. The van der Waals surface area contributed by atoms with Gasteiger partial charge in [-0.1, -0.05) is 24.3 Å². The zero-order valence-electron chi connectivity index (χ0n) is 20.7. The number of halogens is 3. The Hall–Kier alpha value is -3.76. The maximum absolute atomic E-state index is 13.5. The third-order valence-corrected chi connectivity index (χ3v) is 6.80. The highest BCUT2D eigenvalue weighted by atomic mass is 19.4. The smallest absolute Gasteiger partial charge is 0.326 e. The lowest BCUT2D eigenvalue weighted by atomic mass is 9.87. The number of nitrogens with zero attached hydrogens (tertiary/aromatic N) is 3. The van der Waals surface area contributed by atoms with Gasteiger partial charge in [-0.15, -0.1) is 0 Å². The molecule has 0 aliphatic heterocycles. The number of amides is 1. The highest BCUT2D eigenvalue weighted by Crippen LogP contribution is 2.33. The lowest BCUT2D eigenvalue weighted by Gasteiger charge is -2.28. The average Bonchev–Trinajstić information content (AvgIpc) is 3.63. The normalized spacial score (nSPS) is 18.2. The first-order chi connectivity index (χ1) is 18.3. The van der Waals surface area contributed by atoms with Crippen molar-refractivity contribution in [3.63, 3.8) is 0 Å². The number of carbonyl (C=O) groups is 1. The second-order valence-corrected chi connectivity index (χ2v) is 9.69. The summed E-state index contributed by atoms with van der Waals surface area (Å²) in [7, 11) is 0. The minimum absolute atomic E-state index is 0.0109. The van der Waals surface area contributed by atoms with Gasteiger partial charge in [0.15, 0.2) is 5.69 Å². The summed E-state index contributed by atoms with van der Waals surface area (Å²) < 4.78 is 41.6. The molecule has 1 saturated carbocycles. The van der Waals surface area contributed by atoms with E-state index in [2.05, 4.69) is 20.7 Å². The molecule has 5 rings (SSSR count). The van der Waals surface area contributed by atoms with Crippen LogP contribution >= 0.6 is 0 Å². The van der Waals surface area contributed by atoms with E-state index in [0.29, 0.717) is 22.9 Å². The summed E-state index contributed by atoms with van der Waals surface area (Å²) in [5, 5.41) is 10.2. The molecule has 1 fully saturated rings. The Kier molecular flexibility index (Phi) is 7.44. The molecule has 0 bridgehead atoms. The molecule has 2 aliphatic rings. The third kappa shape index (κ3) is 6.03. The molecule has 1 amide bonds. The molecule has 0 saturated heterocycles. The van der Waals surface area contributed by atoms with E-state index in [1.165, 1.54) is 12.8 Å². The van der Waals surface area contributed by atoms with E-state index in [0.717, 1.165) is 29.3 Å². The van der Waals surface area contributed by atoms with Gasteiger partial charge < -0.3 is 16.4 Å². The van der Waals surface area contributed by atoms with Crippen molar-refractivity contribution in [1.29, 1.82) is 0 Å². The summed E-state index contributed by atoms with van der Waals surface area (Å²) in [6, 6.07) is 11.4. The number of rotatable bonds is 9. The van der Waals surface area contributed by atoms with Crippen LogP contribution in [0.25, 0.3) is 5.69 Å². The van der Waals surface area contributed by atoms with Crippen LogP contribution < -0.4 is 16.4 Å². The van der Waals surface area contributed by atoms with Gasteiger partial charge in [0.2, 0.25) is 0 Å². The maximum atomic E-state index is 13.5. The molecule has 2 unspecified atom stereocenters. The molecule has 1 aromatic carbocycles.